The minimum absolute atomic E-state index is 0.0628. The molecule has 0 aromatic heterocycles. The average molecular weight is 825 g/mol. The Bertz CT molecular complexity index is 1020. The van der Waals surface area contributed by atoms with Crippen LogP contribution in [-0.2, 0) is 19.1 Å². The van der Waals surface area contributed by atoms with Gasteiger partial charge in [-0.15, -0.1) is 0 Å². The molecule has 0 saturated carbocycles. The molecule has 0 fully saturated rings. The molecule has 59 heavy (non-hydrogen) atoms. The van der Waals surface area contributed by atoms with E-state index in [0.717, 1.165) is 70.6 Å². The number of rotatable bonds is 46. The summed E-state index contributed by atoms with van der Waals surface area (Å²) in [5.74, 6) is -0.592. The molecule has 0 spiro atoms. The zero-order valence-electron chi connectivity index (χ0n) is 39.0. The van der Waals surface area contributed by atoms with E-state index in [-0.39, 0.29) is 25.2 Å². The van der Waals surface area contributed by atoms with Crippen molar-refractivity contribution in [1.29, 1.82) is 0 Å². The van der Waals surface area contributed by atoms with Crippen molar-refractivity contribution < 1.29 is 24.2 Å². The topological polar surface area (TPSA) is 72.8 Å². The van der Waals surface area contributed by atoms with Crippen molar-refractivity contribution in [1.82, 2.24) is 0 Å². The first kappa shape index (κ1) is 56.6. The molecule has 0 radical (unpaired) electrons. The van der Waals surface area contributed by atoms with E-state index in [1.165, 1.54) is 154 Å². The second kappa shape index (κ2) is 50.0. The molecule has 0 aromatic rings. The molecule has 0 aliphatic carbocycles. The van der Waals surface area contributed by atoms with Gasteiger partial charge in [0.1, 0.15) is 6.61 Å². The highest BCUT2D eigenvalue weighted by atomic mass is 16.6. The van der Waals surface area contributed by atoms with Crippen molar-refractivity contribution in [3.8, 4) is 0 Å². The van der Waals surface area contributed by atoms with Gasteiger partial charge in [0.05, 0.1) is 6.61 Å². The largest absolute Gasteiger partial charge is 0.462 e. The molecule has 1 atom stereocenters. The summed E-state index contributed by atoms with van der Waals surface area (Å²) in [4.78, 5) is 24.1. The summed E-state index contributed by atoms with van der Waals surface area (Å²) in [5.41, 5.74) is 0. The van der Waals surface area contributed by atoms with Gasteiger partial charge in [-0.05, 0) is 57.8 Å². The molecule has 0 aromatic carbocycles. The third-order valence-electron chi connectivity index (χ3n) is 11.1. The summed E-state index contributed by atoms with van der Waals surface area (Å²) in [6.45, 7) is 3.97. The molecular weight excluding hydrogens is 729 g/mol. The third-order valence-corrected chi connectivity index (χ3v) is 11.1. The number of esters is 2. The molecule has 0 heterocycles. The molecule has 1 N–H and O–H groups in total. The SMILES string of the molecule is CC/C=C\C/C=C\C/C=C\C/C=C\C/C=C\CCCCCCCCCCCCCCCCCCCCCCCCCC(=O)OC(CO)COC(=O)CCCCCCCC. The van der Waals surface area contributed by atoms with Crippen LogP contribution in [0.15, 0.2) is 60.8 Å². The lowest BCUT2D eigenvalue weighted by molar-refractivity contribution is -0.161. The van der Waals surface area contributed by atoms with Crippen LogP contribution in [0.2, 0.25) is 0 Å². The number of carbonyl (C=O) groups is 2. The number of ether oxygens (including phenoxy) is 2. The maximum Gasteiger partial charge on any atom is 0.306 e. The Morgan fingerprint density at radius 3 is 1.10 bits per heavy atom. The molecule has 0 rings (SSSR count). The molecule has 0 aliphatic heterocycles. The first-order chi connectivity index (χ1) is 29.1. The van der Waals surface area contributed by atoms with Gasteiger partial charge in [-0.3, -0.25) is 9.59 Å². The Morgan fingerprint density at radius 1 is 0.407 bits per heavy atom. The van der Waals surface area contributed by atoms with Gasteiger partial charge in [-0.2, -0.15) is 0 Å². The Morgan fingerprint density at radius 2 is 0.729 bits per heavy atom. The van der Waals surface area contributed by atoms with Gasteiger partial charge in [0, 0.05) is 12.8 Å². The number of hydrogen-bond donors (Lipinski definition) is 1. The summed E-state index contributed by atoms with van der Waals surface area (Å²) in [6.07, 6.45) is 66.6. The van der Waals surface area contributed by atoms with E-state index in [1.54, 1.807) is 0 Å². The van der Waals surface area contributed by atoms with E-state index in [0.29, 0.717) is 12.8 Å². The minimum Gasteiger partial charge on any atom is -0.462 e. The number of aliphatic hydroxyl groups is 1. The highest BCUT2D eigenvalue weighted by Crippen LogP contribution is 2.16. The molecule has 5 nitrogen and oxygen atoms in total. The Kier molecular flexibility index (Phi) is 47.9. The second-order valence-electron chi connectivity index (χ2n) is 16.9. The van der Waals surface area contributed by atoms with E-state index in [2.05, 4.69) is 74.6 Å². The molecule has 0 amide bonds. The predicted octanol–water partition coefficient (Wildman–Crippen LogP) is 16.7. The Hall–Kier alpha value is -2.40. The summed E-state index contributed by atoms with van der Waals surface area (Å²) >= 11 is 0. The molecule has 342 valence electrons. The zero-order chi connectivity index (χ0) is 42.8. The average Bonchev–Trinajstić information content (AvgIpc) is 3.24. The molecule has 5 heteroatoms. The highest BCUT2D eigenvalue weighted by molar-refractivity contribution is 5.70. The molecule has 1 unspecified atom stereocenters. The van der Waals surface area contributed by atoms with Gasteiger partial charge in [-0.25, -0.2) is 0 Å². The number of aliphatic hydroxyl groups excluding tert-OH is 1. The smallest absolute Gasteiger partial charge is 0.306 e. The third kappa shape index (κ3) is 48.1. The van der Waals surface area contributed by atoms with Crippen molar-refractivity contribution in [2.45, 2.75) is 258 Å². The lowest BCUT2D eigenvalue weighted by Gasteiger charge is -2.15. The van der Waals surface area contributed by atoms with E-state index < -0.39 is 6.10 Å². The lowest BCUT2D eigenvalue weighted by atomic mass is 10.0. The van der Waals surface area contributed by atoms with Crippen LogP contribution >= 0.6 is 0 Å². The first-order valence-corrected chi connectivity index (χ1v) is 25.3. The molecule has 0 bridgehead atoms. The van der Waals surface area contributed by atoms with Gasteiger partial charge in [-0.1, -0.05) is 242 Å². The van der Waals surface area contributed by atoms with Crippen LogP contribution in [-0.4, -0.2) is 36.4 Å². The van der Waals surface area contributed by atoms with Crippen LogP contribution in [0.1, 0.15) is 251 Å². The monoisotopic (exact) mass is 825 g/mol. The van der Waals surface area contributed by atoms with Crippen molar-refractivity contribution in [2.24, 2.45) is 0 Å². The zero-order valence-corrected chi connectivity index (χ0v) is 39.0. The highest BCUT2D eigenvalue weighted by Gasteiger charge is 2.16. The van der Waals surface area contributed by atoms with Crippen LogP contribution in [0.25, 0.3) is 0 Å². The summed E-state index contributed by atoms with van der Waals surface area (Å²) in [7, 11) is 0. The van der Waals surface area contributed by atoms with Gasteiger partial charge in [0.25, 0.3) is 0 Å². The number of carbonyl (C=O) groups excluding carboxylic acids is 2. The van der Waals surface area contributed by atoms with Crippen LogP contribution in [0.4, 0.5) is 0 Å². The number of hydrogen-bond acceptors (Lipinski definition) is 5. The molecule has 0 aliphatic rings. The standard InChI is InChI=1S/C54H96O5/c1-3-5-7-9-11-12-13-14-15-16-17-18-19-20-21-22-23-24-25-26-27-28-29-30-31-32-33-34-35-36-37-38-39-40-41-42-43-45-47-49-54(57)59-52(50-55)51-58-53(56)48-46-44-10-8-6-4-2/h5,7,11-12,14-15,17-18,20-21,52,55H,3-4,6,8-10,13,16,19,22-51H2,1-2H3/b7-5-,12-11-,15-14-,18-17-,21-20-. The molecule has 0 saturated heterocycles. The Balaban J connectivity index is 3.36. The number of allylic oxidation sites excluding steroid dienone is 10. The maximum atomic E-state index is 12.2. The van der Waals surface area contributed by atoms with Crippen molar-refractivity contribution >= 4 is 11.9 Å². The Labute approximate surface area is 366 Å². The van der Waals surface area contributed by atoms with Crippen LogP contribution in [0, 0.1) is 0 Å². The van der Waals surface area contributed by atoms with E-state index in [9.17, 15) is 14.7 Å². The summed E-state index contributed by atoms with van der Waals surface area (Å²) in [6, 6.07) is 0. The van der Waals surface area contributed by atoms with Crippen LogP contribution in [0.5, 0.6) is 0 Å². The van der Waals surface area contributed by atoms with Gasteiger partial charge >= 0.3 is 11.9 Å². The molecular formula is C54H96O5. The van der Waals surface area contributed by atoms with Crippen LogP contribution < -0.4 is 0 Å². The van der Waals surface area contributed by atoms with Crippen molar-refractivity contribution in [3.63, 3.8) is 0 Å². The van der Waals surface area contributed by atoms with Gasteiger partial charge in [0.2, 0.25) is 0 Å². The van der Waals surface area contributed by atoms with E-state index in [1.807, 2.05) is 0 Å². The fourth-order valence-corrected chi connectivity index (χ4v) is 7.29. The second-order valence-corrected chi connectivity index (χ2v) is 16.9. The van der Waals surface area contributed by atoms with E-state index >= 15 is 0 Å². The van der Waals surface area contributed by atoms with Gasteiger partial charge < -0.3 is 14.6 Å². The van der Waals surface area contributed by atoms with Crippen LogP contribution in [0.3, 0.4) is 0 Å². The fraction of sp³-hybridized carbons (Fsp3) is 0.778. The summed E-state index contributed by atoms with van der Waals surface area (Å²) < 4.78 is 10.5. The first-order valence-electron chi connectivity index (χ1n) is 25.3. The number of unbranched alkanes of at least 4 members (excludes halogenated alkanes) is 28. The lowest BCUT2D eigenvalue weighted by Crippen LogP contribution is -2.28. The van der Waals surface area contributed by atoms with Gasteiger partial charge in [0.15, 0.2) is 6.10 Å². The fourth-order valence-electron chi connectivity index (χ4n) is 7.29. The maximum absolute atomic E-state index is 12.2. The minimum atomic E-state index is -0.765. The normalized spacial score (nSPS) is 12.7. The van der Waals surface area contributed by atoms with Crippen molar-refractivity contribution in [2.75, 3.05) is 13.2 Å². The predicted molar refractivity (Wildman–Crippen MR) is 256 cm³/mol. The van der Waals surface area contributed by atoms with E-state index in [4.69, 9.17) is 9.47 Å². The quantitative estimate of drug-likeness (QED) is 0.0376. The van der Waals surface area contributed by atoms with Crippen molar-refractivity contribution in [3.05, 3.63) is 60.8 Å². The summed E-state index contributed by atoms with van der Waals surface area (Å²) in [5, 5.41) is 9.52.